The van der Waals surface area contributed by atoms with E-state index in [1.807, 2.05) is 12.1 Å². The van der Waals surface area contributed by atoms with Gasteiger partial charge >= 0.3 is 0 Å². The Morgan fingerprint density at radius 1 is 0.964 bits per heavy atom. The Labute approximate surface area is 170 Å². The van der Waals surface area contributed by atoms with Crippen molar-refractivity contribution in [2.45, 2.75) is 64.4 Å². The third-order valence-electron chi connectivity index (χ3n) is 5.67. The van der Waals surface area contributed by atoms with Crippen LogP contribution < -0.4 is 4.74 Å². The predicted molar refractivity (Wildman–Crippen MR) is 116 cm³/mol. The van der Waals surface area contributed by atoms with Crippen molar-refractivity contribution in [3.05, 3.63) is 64.2 Å². The monoisotopic (exact) mass is 400 g/mol. The summed E-state index contributed by atoms with van der Waals surface area (Å²) in [6, 6.07) is 12.4. The molecule has 0 unspecified atom stereocenters. The molecule has 3 rings (SSSR count). The van der Waals surface area contributed by atoms with Crippen LogP contribution >= 0.6 is 0 Å². The van der Waals surface area contributed by atoms with E-state index in [9.17, 15) is 8.42 Å². The maximum atomic E-state index is 12.1. The van der Waals surface area contributed by atoms with Crippen LogP contribution in [0.1, 0.15) is 54.5 Å². The molecule has 1 aliphatic carbocycles. The summed E-state index contributed by atoms with van der Waals surface area (Å²) in [7, 11) is -3.06. The summed E-state index contributed by atoms with van der Waals surface area (Å²) in [6.07, 6.45) is 4.48. The second kappa shape index (κ2) is 8.69. The molecule has 3 nitrogen and oxygen atoms in total. The van der Waals surface area contributed by atoms with Gasteiger partial charge in [0.1, 0.15) is 5.75 Å². The van der Waals surface area contributed by atoms with Gasteiger partial charge in [-0.25, -0.2) is 8.42 Å². The molecule has 2 aromatic carbocycles. The molecular weight excluding hydrogens is 368 g/mol. The van der Waals surface area contributed by atoms with Crippen LogP contribution in [0.3, 0.4) is 0 Å². The van der Waals surface area contributed by atoms with Gasteiger partial charge in [0.25, 0.3) is 0 Å². The summed E-state index contributed by atoms with van der Waals surface area (Å²) in [6.45, 7) is 8.58. The molecule has 4 heteroatoms. The molecule has 0 bridgehead atoms. The average Bonchev–Trinajstić information content (AvgIpc) is 3.46. The van der Waals surface area contributed by atoms with Crippen LogP contribution in [-0.4, -0.2) is 20.3 Å². The summed E-state index contributed by atoms with van der Waals surface area (Å²) < 4.78 is 30.3. The van der Waals surface area contributed by atoms with Crippen LogP contribution in [0, 0.1) is 19.8 Å². The fourth-order valence-corrected chi connectivity index (χ4v) is 4.32. The second-order valence-corrected chi connectivity index (χ2v) is 11.0. The smallest absolute Gasteiger partial charge is 0.156 e. The van der Waals surface area contributed by atoms with Gasteiger partial charge in [-0.2, -0.15) is 0 Å². The summed E-state index contributed by atoms with van der Waals surface area (Å²) in [4.78, 5) is 0. The standard InChI is InChI=1S/C24H32O3S/c1-17(2)28(25,26)16-22-10-6-20(7-11-22)12-14-23-13-5-18(3)24(19(23)4)27-15-21-8-9-21/h5-7,10-11,13,17,21H,8-9,12,14-16H2,1-4H3. The van der Waals surface area contributed by atoms with Crippen molar-refractivity contribution in [2.75, 3.05) is 6.61 Å². The van der Waals surface area contributed by atoms with E-state index >= 15 is 0 Å². The maximum absolute atomic E-state index is 12.1. The minimum atomic E-state index is -3.06. The molecule has 28 heavy (non-hydrogen) atoms. The fraction of sp³-hybridized carbons (Fsp3) is 0.500. The number of benzene rings is 2. The summed E-state index contributed by atoms with van der Waals surface area (Å²) in [5.41, 5.74) is 5.87. The Balaban J connectivity index is 1.63. The average molecular weight is 401 g/mol. The summed E-state index contributed by atoms with van der Waals surface area (Å²) in [5, 5.41) is -0.340. The number of rotatable bonds is 9. The first-order chi connectivity index (χ1) is 13.3. The molecule has 0 aliphatic heterocycles. The topological polar surface area (TPSA) is 43.4 Å². The molecule has 0 atom stereocenters. The number of hydrogen-bond acceptors (Lipinski definition) is 3. The minimum Gasteiger partial charge on any atom is -0.493 e. The van der Waals surface area contributed by atoms with Gasteiger partial charge < -0.3 is 4.74 Å². The first-order valence-electron chi connectivity index (χ1n) is 10.3. The van der Waals surface area contributed by atoms with Gasteiger partial charge in [0.15, 0.2) is 9.84 Å². The van der Waals surface area contributed by atoms with E-state index in [4.69, 9.17) is 4.74 Å². The zero-order valence-electron chi connectivity index (χ0n) is 17.5. The molecule has 0 amide bonds. The molecule has 1 fully saturated rings. The Morgan fingerprint density at radius 3 is 2.21 bits per heavy atom. The third kappa shape index (κ3) is 5.38. The molecule has 2 aromatic rings. The van der Waals surface area contributed by atoms with Crippen molar-refractivity contribution in [1.29, 1.82) is 0 Å². The van der Waals surface area contributed by atoms with Crippen molar-refractivity contribution < 1.29 is 13.2 Å². The van der Waals surface area contributed by atoms with Crippen molar-refractivity contribution in [3.8, 4) is 5.75 Å². The molecule has 0 aromatic heterocycles. The van der Waals surface area contributed by atoms with Crippen LogP contribution in [-0.2, 0) is 28.4 Å². The van der Waals surface area contributed by atoms with Gasteiger partial charge in [0.2, 0.25) is 0 Å². The van der Waals surface area contributed by atoms with Crippen molar-refractivity contribution in [2.24, 2.45) is 5.92 Å². The molecule has 1 aliphatic rings. The highest BCUT2D eigenvalue weighted by Crippen LogP contribution is 2.32. The van der Waals surface area contributed by atoms with E-state index in [-0.39, 0.29) is 11.0 Å². The van der Waals surface area contributed by atoms with Gasteiger partial charge in [-0.05, 0) is 87.1 Å². The number of sulfone groups is 1. The molecule has 0 saturated heterocycles. The van der Waals surface area contributed by atoms with Gasteiger partial charge in [-0.1, -0.05) is 36.4 Å². The van der Waals surface area contributed by atoms with Crippen molar-refractivity contribution in [3.63, 3.8) is 0 Å². The quantitative estimate of drug-likeness (QED) is 0.581. The van der Waals surface area contributed by atoms with E-state index in [0.29, 0.717) is 0 Å². The van der Waals surface area contributed by atoms with Crippen molar-refractivity contribution >= 4 is 9.84 Å². The SMILES string of the molecule is Cc1ccc(CCc2ccc(CS(=O)(=O)C(C)C)cc2)c(C)c1OCC1CC1. The first-order valence-corrected chi connectivity index (χ1v) is 12.0. The molecule has 152 valence electrons. The molecule has 1 saturated carbocycles. The zero-order chi connectivity index (χ0) is 20.3. The van der Waals surface area contributed by atoms with Crippen LogP contribution in [0.5, 0.6) is 5.75 Å². The van der Waals surface area contributed by atoms with Crippen LogP contribution in [0.4, 0.5) is 0 Å². The Morgan fingerprint density at radius 2 is 1.61 bits per heavy atom. The fourth-order valence-electron chi connectivity index (χ4n) is 3.33. The lowest BCUT2D eigenvalue weighted by atomic mass is 9.97. The van der Waals surface area contributed by atoms with Gasteiger partial charge in [0, 0.05) is 0 Å². The lowest BCUT2D eigenvalue weighted by Crippen LogP contribution is -2.15. The van der Waals surface area contributed by atoms with Crippen LogP contribution in [0.2, 0.25) is 0 Å². The van der Waals surface area contributed by atoms with Crippen LogP contribution in [0.15, 0.2) is 36.4 Å². The highest BCUT2D eigenvalue weighted by atomic mass is 32.2. The number of ether oxygens (including phenoxy) is 1. The molecular formula is C24H32O3S. The molecule has 0 spiro atoms. The normalized spacial score (nSPS) is 14.5. The van der Waals surface area contributed by atoms with E-state index in [2.05, 4.69) is 38.1 Å². The zero-order valence-corrected chi connectivity index (χ0v) is 18.3. The maximum Gasteiger partial charge on any atom is 0.156 e. The molecule has 0 heterocycles. The highest BCUT2D eigenvalue weighted by Gasteiger charge is 2.23. The summed E-state index contributed by atoms with van der Waals surface area (Å²) in [5.74, 6) is 1.92. The van der Waals surface area contributed by atoms with E-state index < -0.39 is 9.84 Å². The van der Waals surface area contributed by atoms with Gasteiger partial charge in [-0.3, -0.25) is 0 Å². The van der Waals surface area contributed by atoms with E-state index in [1.165, 1.54) is 35.1 Å². The Bertz CT molecular complexity index is 908. The Kier molecular flexibility index (Phi) is 6.49. The lowest BCUT2D eigenvalue weighted by molar-refractivity contribution is 0.295. The predicted octanol–water partition coefficient (Wildman–Crippen LogP) is 5.20. The van der Waals surface area contributed by atoms with E-state index in [0.717, 1.165) is 36.7 Å². The summed E-state index contributed by atoms with van der Waals surface area (Å²) >= 11 is 0. The third-order valence-corrected chi connectivity index (χ3v) is 7.84. The number of aryl methyl sites for hydroxylation is 3. The van der Waals surface area contributed by atoms with Crippen LogP contribution in [0.25, 0.3) is 0 Å². The molecule has 0 radical (unpaired) electrons. The Hall–Kier alpha value is -1.81. The largest absolute Gasteiger partial charge is 0.493 e. The first kappa shape index (κ1) is 20.9. The number of hydrogen-bond donors (Lipinski definition) is 0. The second-order valence-electron chi connectivity index (χ2n) is 8.42. The van der Waals surface area contributed by atoms with Gasteiger partial charge in [0.05, 0.1) is 17.6 Å². The van der Waals surface area contributed by atoms with Gasteiger partial charge in [-0.15, -0.1) is 0 Å². The lowest BCUT2D eigenvalue weighted by Gasteiger charge is -2.15. The highest BCUT2D eigenvalue weighted by molar-refractivity contribution is 7.91. The minimum absolute atomic E-state index is 0.115. The van der Waals surface area contributed by atoms with E-state index in [1.54, 1.807) is 13.8 Å². The van der Waals surface area contributed by atoms with Crippen molar-refractivity contribution in [1.82, 2.24) is 0 Å². The molecule has 0 N–H and O–H groups in total.